The van der Waals surface area contributed by atoms with Crippen LogP contribution in [-0.4, -0.2) is 30.3 Å². The second-order valence-electron chi connectivity index (χ2n) is 5.07. The molecule has 0 bridgehead atoms. The van der Waals surface area contributed by atoms with Gasteiger partial charge in [-0.15, -0.1) is 0 Å². The first kappa shape index (κ1) is 12.4. The van der Waals surface area contributed by atoms with Crippen molar-refractivity contribution in [2.45, 2.75) is 33.1 Å². The standard InChI is InChI=1S/C14H21NO2/c1-3-14(4-2)7-8-15(11-14)10-12(16)13-6-5-9-17-13/h5-6,9H,3-4,7-8,10-11H2,1-2H3. The van der Waals surface area contributed by atoms with E-state index in [4.69, 9.17) is 4.42 Å². The first-order chi connectivity index (χ1) is 8.19. The smallest absolute Gasteiger partial charge is 0.211 e. The van der Waals surface area contributed by atoms with Gasteiger partial charge in [-0.3, -0.25) is 9.69 Å². The van der Waals surface area contributed by atoms with E-state index in [1.807, 2.05) is 0 Å². The molecule has 0 atom stereocenters. The molecule has 0 N–H and O–H groups in total. The van der Waals surface area contributed by atoms with Gasteiger partial charge in [-0.2, -0.15) is 0 Å². The van der Waals surface area contributed by atoms with Crippen LogP contribution in [0.2, 0.25) is 0 Å². The number of nitrogens with zero attached hydrogens (tertiary/aromatic N) is 1. The molecule has 0 aromatic carbocycles. The lowest BCUT2D eigenvalue weighted by molar-refractivity contribution is 0.0909. The Labute approximate surface area is 103 Å². The van der Waals surface area contributed by atoms with Gasteiger partial charge >= 0.3 is 0 Å². The van der Waals surface area contributed by atoms with E-state index in [9.17, 15) is 4.79 Å². The molecule has 0 amide bonds. The fourth-order valence-corrected chi connectivity index (χ4v) is 2.71. The SMILES string of the molecule is CCC1(CC)CCN(CC(=O)c2ccco2)C1. The molecule has 1 fully saturated rings. The lowest BCUT2D eigenvalue weighted by Crippen LogP contribution is -2.30. The van der Waals surface area contributed by atoms with Gasteiger partial charge in [0.15, 0.2) is 5.76 Å². The fourth-order valence-electron chi connectivity index (χ4n) is 2.71. The molecule has 1 aliphatic rings. The molecule has 0 saturated carbocycles. The summed E-state index contributed by atoms with van der Waals surface area (Å²) in [5, 5.41) is 0. The molecular formula is C14H21NO2. The molecule has 1 aromatic heterocycles. The van der Waals surface area contributed by atoms with Crippen molar-refractivity contribution in [1.82, 2.24) is 4.90 Å². The zero-order chi connectivity index (χ0) is 12.3. The topological polar surface area (TPSA) is 33.5 Å². The summed E-state index contributed by atoms with van der Waals surface area (Å²) in [6.45, 7) is 7.08. The summed E-state index contributed by atoms with van der Waals surface area (Å²) in [6, 6.07) is 3.50. The Hall–Kier alpha value is -1.09. The average Bonchev–Trinajstić information content (AvgIpc) is 2.98. The molecule has 3 nitrogen and oxygen atoms in total. The van der Waals surface area contributed by atoms with Crippen molar-refractivity contribution in [3.63, 3.8) is 0 Å². The molecule has 1 aliphatic heterocycles. The quantitative estimate of drug-likeness (QED) is 0.736. The van der Waals surface area contributed by atoms with Crippen LogP contribution in [0, 0.1) is 5.41 Å². The van der Waals surface area contributed by atoms with Crippen molar-refractivity contribution in [3.8, 4) is 0 Å². The van der Waals surface area contributed by atoms with Crippen LogP contribution in [0.3, 0.4) is 0 Å². The van der Waals surface area contributed by atoms with Crippen molar-refractivity contribution in [3.05, 3.63) is 24.2 Å². The van der Waals surface area contributed by atoms with E-state index in [1.54, 1.807) is 18.4 Å². The lowest BCUT2D eigenvalue weighted by atomic mass is 9.82. The number of Topliss-reactive ketones (excluding diaryl/α,β-unsaturated/α-hetero) is 1. The van der Waals surface area contributed by atoms with Gasteiger partial charge in [0.25, 0.3) is 0 Å². The molecule has 1 saturated heterocycles. The maximum absolute atomic E-state index is 11.9. The minimum Gasteiger partial charge on any atom is -0.461 e. The Kier molecular flexibility index (Phi) is 3.67. The predicted molar refractivity (Wildman–Crippen MR) is 67.1 cm³/mol. The van der Waals surface area contributed by atoms with E-state index in [2.05, 4.69) is 18.7 Å². The molecule has 94 valence electrons. The zero-order valence-electron chi connectivity index (χ0n) is 10.7. The molecule has 17 heavy (non-hydrogen) atoms. The Balaban J connectivity index is 1.92. The first-order valence-electron chi connectivity index (χ1n) is 6.48. The summed E-state index contributed by atoms with van der Waals surface area (Å²) < 4.78 is 5.13. The molecule has 0 aliphatic carbocycles. The Morgan fingerprint density at radius 1 is 1.47 bits per heavy atom. The highest BCUT2D eigenvalue weighted by atomic mass is 16.3. The van der Waals surface area contributed by atoms with Gasteiger partial charge in [0.05, 0.1) is 12.8 Å². The van der Waals surface area contributed by atoms with E-state index in [0.29, 0.717) is 17.7 Å². The minimum atomic E-state index is 0.0954. The Morgan fingerprint density at radius 3 is 2.76 bits per heavy atom. The number of carbonyl (C=O) groups excluding carboxylic acids is 1. The van der Waals surface area contributed by atoms with Crippen LogP contribution in [0.5, 0.6) is 0 Å². The Bertz CT molecular complexity index is 366. The number of hydrogen-bond acceptors (Lipinski definition) is 3. The van der Waals surface area contributed by atoms with Crippen LogP contribution in [0.4, 0.5) is 0 Å². The number of hydrogen-bond donors (Lipinski definition) is 0. The summed E-state index contributed by atoms with van der Waals surface area (Å²) in [6.07, 6.45) is 5.18. The summed E-state index contributed by atoms with van der Waals surface area (Å²) >= 11 is 0. The summed E-state index contributed by atoms with van der Waals surface area (Å²) in [7, 11) is 0. The fraction of sp³-hybridized carbons (Fsp3) is 0.643. The maximum atomic E-state index is 11.9. The van der Waals surface area contributed by atoms with E-state index >= 15 is 0 Å². The van der Waals surface area contributed by atoms with E-state index in [0.717, 1.165) is 13.1 Å². The monoisotopic (exact) mass is 235 g/mol. The molecule has 2 rings (SSSR count). The van der Waals surface area contributed by atoms with Crippen LogP contribution in [-0.2, 0) is 0 Å². The van der Waals surface area contributed by atoms with Crippen LogP contribution in [0.25, 0.3) is 0 Å². The van der Waals surface area contributed by atoms with Crippen LogP contribution >= 0.6 is 0 Å². The van der Waals surface area contributed by atoms with Gasteiger partial charge in [0.1, 0.15) is 0 Å². The number of furan rings is 1. The minimum absolute atomic E-state index is 0.0954. The molecule has 0 radical (unpaired) electrons. The molecule has 3 heteroatoms. The summed E-state index contributed by atoms with van der Waals surface area (Å²) in [5.74, 6) is 0.577. The number of likely N-dealkylation sites (tertiary alicyclic amines) is 1. The normalized spacial score (nSPS) is 19.6. The highest BCUT2D eigenvalue weighted by Crippen LogP contribution is 2.36. The summed E-state index contributed by atoms with van der Waals surface area (Å²) in [5.41, 5.74) is 0.434. The zero-order valence-corrected chi connectivity index (χ0v) is 10.7. The highest BCUT2D eigenvalue weighted by molar-refractivity contribution is 5.95. The van der Waals surface area contributed by atoms with Crippen LogP contribution < -0.4 is 0 Å². The maximum Gasteiger partial charge on any atom is 0.211 e. The predicted octanol–water partition coefficient (Wildman–Crippen LogP) is 2.97. The lowest BCUT2D eigenvalue weighted by Gasteiger charge is -2.26. The van der Waals surface area contributed by atoms with E-state index in [1.165, 1.54) is 19.3 Å². The van der Waals surface area contributed by atoms with Gasteiger partial charge in [-0.25, -0.2) is 0 Å². The highest BCUT2D eigenvalue weighted by Gasteiger charge is 2.35. The number of carbonyl (C=O) groups is 1. The van der Waals surface area contributed by atoms with Crippen molar-refractivity contribution in [2.75, 3.05) is 19.6 Å². The number of rotatable bonds is 5. The third-order valence-corrected chi connectivity index (χ3v) is 4.18. The summed E-state index contributed by atoms with van der Waals surface area (Å²) in [4.78, 5) is 14.2. The van der Waals surface area contributed by atoms with Gasteiger partial charge in [0.2, 0.25) is 5.78 Å². The van der Waals surface area contributed by atoms with Gasteiger partial charge in [-0.1, -0.05) is 13.8 Å². The Morgan fingerprint density at radius 2 is 2.24 bits per heavy atom. The van der Waals surface area contributed by atoms with Gasteiger partial charge < -0.3 is 4.42 Å². The largest absolute Gasteiger partial charge is 0.461 e. The van der Waals surface area contributed by atoms with Crippen molar-refractivity contribution in [2.24, 2.45) is 5.41 Å². The van der Waals surface area contributed by atoms with Crippen molar-refractivity contribution < 1.29 is 9.21 Å². The van der Waals surface area contributed by atoms with Gasteiger partial charge in [-0.05, 0) is 43.4 Å². The third kappa shape index (κ3) is 2.60. The third-order valence-electron chi connectivity index (χ3n) is 4.18. The van der Waals surface area contributed by atoms with E-state index < -0.39 is 0 Å². The molecule has 0 spiro atoms. The second-order valence-corrected chi connectivity index (χ2v) is 5.07. The second kappa shape index (κ2) is 5.05. The molecule has 0 unspecified atom stereocenters. The van der Waals surface area contributed by atoms with Crippen LogP contribution in [0.1, 0.15) is 43.7 Å². The van der Waals surface area contributed by atoms with Gasteiger partial charge in [0, 0.05) is 6.54 Å². The molecule has 1 aromatic rings. The average molecular weight is 235 g/mol. The van der Waals surface area contributed by atoms with Crippen molar-refractivity contribution in [1.29, 1.82) is 0 Å². The van der Waals surface area contributed by atoms with Crippen molar-refractivity contribution >= 4 is 5.78 Å². The molecular weight excluding hydrogens is 214 g/mol. The molecule has 2 heterocycles. The number of ketones is 1. The van der Waals surface area contributed by atoms with Crippen LogP contribution in [0.15, 0.2) is 22.8 Å². The van der Waals surface area contributed by atoms with E-state index in [-0.39, 0.29) is 5.78 Å². The first-order valence-corrected chi connectivity index (χ1v) is 6.48.